The van der Waals surface area contributed by atoms with E-state index in [1.165, 1.54) is 19.4 Å². The Morgan fingerprint density at radius 1 is 1.47 bits per heavy atom. The van der Waals surface area contributed by atoms with Gasteiger partial charge in [0.25, 0.3) is 0 Å². The second kappa shape index (κ2) is 4.14. The van der Waals surface area contributed by atoms with Gasteiger partial charge in [-0.2, -0.15) is 0 Å². The number of aryl methyl sites for hydroxylation is 1. The molecule has 2 rings (SSSR count). The van der Waals surface area contributed by atoms with E-state index in [9.17, 15) is 0 Å². The lowest BCUT2D eigenvalue weighted by molar-refractivity contribution is 0.311. The quantitative estimate of drug-likeness (QED) is 0.798. The third-order valence-corrected chi connectivity index (χ3v) is 2.98. The number of hydrogen-bond acceptors (Lipinski definition) is 4. The van der Waals surface area contributed by atoms with Crippen molar-refractivity contribution in [2.45, 2.75) is 25.8 Å². The third-order valence-electron chi connectivity index (χ3n) is 2.98. The maximum absolute atomic E-state index is 4.52. The highest BCUT2D eigenvalue weighted by molar-refractivity contribution is 5.36. The van der Waals surface area contributed by atoms with Crippen molar-refractivity contribution in [2.75, 3.05) is 26.0 Å². The van der Waals surface area contributed by atoms with Crippen LogP contribution in [-0.4, -0.2) is 35.5 Å². The zero-order valence-electron chi connectivity index (χ0n) is 9.62. The topological polar surface area (TPSA) is 41.0 Å². The number of nitrogens with one attached hydrogen (secondary N) is 1. The van der Waals surface area contributed by atoms with E-state index in [0.717, 1.165) is 17.3 Å². The number of hydrogen-bond donors (Lipinski definition) is 1. The predicted octanol–water partition coefficient (Wildman–Crippen LogP) is 1.59. The Kier molecular flexibility index (Phi) is 2.86. The van der Waals surface area contributed by atoms with E-state index in [4.69, 9.17) is 0 Å². The molecular weight excluding hydrogens is 188 g/mol. The van der Waals surface area contributed by atoms with Gasteiger partial charge in [-0.05, 0) is 33.4 Å². The standard InChI is InChI=1S/C11H18N4/c1-8-13-9(7-11(12-2)14-8)10-5-4-6-15(10)3/h7,10H,4-6H2,1-3H3,(H,12,13,14)/t10-/m0/s1. The summed E-state index contributed by atoms with van der Waals surface area (Å²) in [4.78, 5) is 11.2. The van der Waals surface area contributed by atoms with E-state index < -0.39 is 0 Å². The first-order valence-electron chi connectivity index (χ1n) is 5.44. The molecule has 4 heteroatoms. The maximum atomic E-state index is 4.52. The van der Waals surface area contributed by atoms with Crippen molar-refractivity contribution in [3.63, 3.8) is 0 Å². The average molecular weight is 206 g/mol. The molecule has 1 saturated heterocycles. The molecule has 15 heavy (non-hydrogen) atoms. The molecule has 1 fully saturated rings. The molecule has 0 aliphatic carbocycles. The minimum atomic E-state index is 0.471. The highest BCUT2D eigenvalue weighted by Crippen LogP contribution is 2.29. The van der Waals surface area contributed by atoms with Gasteiger partial charge in [-0.15, -0.1) is 0 Å². The Hall–Kier alpha value is -1.16. The van der Waals surface area contributed by atoms with Crippen LogP contribution in [0, 0.1) is 6.92 Å². The zero-order chi connectivity index (χ0) is 10.8. The van der Waals surface area contributed by atoms with E-state index in [1.807, 2.05) is 14.0 Å². The lowest BCUT2D eigenvalue weighted by Crippen LogP contribution is -2.19. The van der Waals surface area contributed by atoms with Gasteiger partial charge in [0.05, 0.1) is 11.7 Å². The van der Waals surface area contributed by atoms with Crippen LogP contribution in [-0.2, 0) is 0 Å². The van der Waals surface area contributed by atoms with Crippen molar-refractivity contribution in [3.05, 3.63) is 17.6 Å². The summed E-state index contributed by atoms with van der Waals surface area (Å²) in [6, 6.07) is 2.53. The molecule has 1 N–H and O–H groups in total. The molecule has 0 bridgehead atoms. The lowest BCUT2D eigenvalue weighted by Gasteiger charge is -2.19. The summed E-state index contributed by atoms with van der Waals surface area (Å²) in [6.07, 6.45) is 2.47. The molecule has 82 valence electrons. The Morgan fingerprint density at radius 3 is 2.87 bits per heavy atom. The van der Waals surface area contributed by atoms with Crippen molar-refractivity contribution < 1.29 is 0 Å². The van der Waals surface area contributed by atoms with Crippen LogP contribution < -0.4 is 5.32 Å². The van der Waals surface area contributed by atoms with Crippen LogP contribution in [0.25, 0.3) is 0 Å². The lowest BCUT2D eigenvalue weighted by atomic mass is 10.1. The highest BCUT2D eigenvalue weighted by atomic mass is 15.2. The Bertz CT molecular complexity index is 350. The first kappa shape index (κ1) is 10.4. The molecule has 0 unspecified atom stereocenters. The Labute approximate surface area is 90.7 Å². The fourth-order valence-electron chi connectivity index (χ4n) is 2.17. The molecule has 0 spiro atoms. The monoisotopic (exact) mass is 206 g/mol. The molecule has 2 heterocycles. The molecule has 0 aromatic carbocycles. The summed E-state index contributed by atoms with van der Waals surface area (Å²) < 4.78 is 0. The molecule has 1 atom stereocenters. The minimum absolute atomic E-state index is 0.471. The molecule has 4 nitrogen and oxygen atoms in total. The number of likely N-dealkylation sites (tertiary alicyclic amines) is 1. The van der Waals surface area contributed by atoms with Crippen LogP contribution in [0.3, 0.4) is 0 Å². The first-order valence-corrected chi connectivity index (χ1v) is 5.44. The van der Waals surface area contributed by atoms with Gasteiger partial charge in [0.15, 0.2) is 0 Å². The molecule has 0 saturated carbocycles. The van der Waals surface area contributed by atoms with Crippen molar-refractivity contribution in [3.8, 4) is 0 Å². The van der Waals surface area contributed by atoms with Gasteiger partial charge in [-0.3, -0.25) is 4.90 Å². The molecular formula is C11H18N4. The second-order valence-electron chi connectivity index (χ2n) is 4.11. The van der Waals surface area contributed by atoms with Gasteiger partial charge < -0.3 is 5.32 Å². The van der Waals surface area contributed by atoms with Crippen LogP contribution in [0.15, 0.2) is 6.07 Å². The van der Waals surface area contributed by atoms with Crippen molar-refractivity contribution >= 4 is 5.82 Å². The Balaban J connectivity index is 2.30. The second-order valence-corrected chi connectivity index (χ2v) is 4.11. The Morgan fingerprint density at radius 2 is 2.27 bits per heavy atom. The summed E-state index contributed by atoms with van der Waals surface area (Å²) in [6.45, 7) is 3.11. The highest BCUT2D eigenvalue weighted by Gasteiger charge is 2.24. The summed E-state index contributed by atoms with van der Waals surface area (Å²) in [5.74, 6) is 1.76. The summed E-state index contributed by atoms with van der Waals surface area (Å²) >= 11 is 0. The predicted molar refractivity (Wildman–Crippen MR) is 60.9 cm³/mol. The van der Waals surface area contributed by atoms with E-state index in [2.05, 4.69) is 33.3 Å². The maximum Gasteiger partial charge on any atom is 0.129 e. The van der Waals surface area contributed by atoms with Crippen molar-refractivity contribution in [1.29, 1.82) is 0 Å². The number of aromatic nitrogens is 2. The molecule has 1 aromatic rings. The number of anilines is 1. The van der Waals surface area contributed by atoms with Crippen molar-refractivity contribution in [2.24, 2.45) is 0 Å². The SMILES string of the molecule is CNc1cc([C@@H]2CCCN2C)nc(C)n1. The molecule has 0 radical (unpaired) electrons. The van der Waals surface area contributed by atoms with E-state index in [1.54, 1.807) is 0 Å². The minimum Gasteiger partial charge on any atom is -0.373 e. The van der Waals surface area contributed by atoms with Crippen LogP contribution in [0.2, 0.25) is 0 Å². The average Bonchev–Trinajstić information content (AvgIpc) is 2.63. The zero-order valence-corrected chi connectivity index (χ0v) is 9.62. The van der Waals surface area contributed by atoms with E-state index in [0.29, 0.717) is 6.04 Å². The molecule has 1 aromatic heterocycles. The van der Waals surface area contributed by atoms with Gasteiger partial charge >= 0.3 is 0 Å². The van der Waals surface area contributed by atoms with Crippen LogP contribution >= 0.6 is 0 Å². The molecule has 0 amide bonds. The van der Waals surface area contributed by atoms with Gasteiger partial charge in [-0.25, -0.2) is 9.97 Å². The third kappa shape index (κ3) is 2.09. The summed E-state index contributed by atoms with van der Waals surface area (Å²) in [5, 5.41) is 3.08. The number of nitrogens with zero attached hydrogens (tertiary/aromatic N) is 3. The van der Waals surface area contributed by atoms with Crippen LogP contribution in [0.5, 0.6) is 0 Å². The molecule has 1 aliphatic rings. The van der Waals surface area contributed by atoms with Crippen LogP contribution in [0.4, 0.5) is 5.82 Å². The smallest absolute Gasteiger partial charge is 0.129 e. The number of rotatable bonds is 2. The summed E-state index contributed by atoms with van der Waals surface area (Å²) in [5.41, 5.74) is 1.15. The molecule has 1 aliphatic heterocycles. The van der Waals surface area contributed by atoms with E-state index >= 15 is 0 Å². The van der Waals surface area contributed by atoms with Crippen LogP contribution in [0.1, 0.15) is 30.4 Å². The fourth-order valence-corrected chi connectivity index (χ4v) is 2.17. The van der Waals surface area contributed by atoms with Gasteiger partial charge in [0, 0.05) is 13.1 Å². The largest absolute Gasteiger partial charge is 0.373 e. The summed E-state index contributed by atoms with van der Waals surface area (Å²) in [7, 11) is 4.05. The van der Waals surface area contributed by atoms with Crippen molar-refractivity contribution in [1.82, 2.24) is 14.9 Å². The normalized spacial score (nSPS) is 21.9. The van der Waals surface area contributed by atoms with Gasteiger partial charge in [0.1, 0.15) is 11.6 Å². The van der Waals surface area contributed by atoms with E-state index in [-0.39, 0.29) is 0 Å². The fraction of sp³-hybridized carbons (Fsp3) is 0.636. The van der Waals surface area contributed by atoms with Gasteiger partial charge in [0.2, 0.25) is 0 Å². The van der Waals surface area contributed by atoms with Gasteiger partial charge in [-0.1, -0.05) is 0 Å². The first-order chi connectivity index (χ1) is 7.20.